The highest BCUT2D eigenvalue weighted by atomic mass is 35.5. The number of fused-ring (bicyclic) bond motifs is 3. The molecule has 136 valence electrons. The lowest BCUT2D eigenvalue weighted by Gasteiger charge is -2.22. The molecule has 0 atom stereocenters. The Morgan fingerprint density at radius 1 is 1.15 bits per heavy atom. The average Bonchev–Trinajstić information content (AvgIpc) is 2.64. The molecule has 2 heterocycles. The van der Waals surface area contributed by atoms with Gasteiger partial charge in [-0.1, -0.05) is 41.9 Å². The van der Waals surface area contributed by atoms with E-state index >= 15 is 0 Å². The van der Waals surface area contributed by atoms with E-state index in [0.717, 1.165) is 0 Å². The summed E-state index contributed by atoms with van der Waals surface area (Å²) in [5.74, 6) is -1.37. The molecule has 8 nitrogen and oxygen atoms in total. The van der Waals surface area contributed by atoms with Crippen molar-refractivity contribution in [3.05, 3.63) is 65.2 Å². The minimum absolute atomic E-state index is 0.0105. The third-order valence-corrected chi connectivity index (χ3v) is 5.58. The summed E-state index contributed by atoms with van der Waals surface area (Å²) >= 11 is 5.71. The highest BCUT2D eigenvalue weighted by Crippen LogP contribution is 2.35. The van der Waals surface area contributed by atoms with Crippen molar-refractivity contribution in [3.8, 4) is 0 Å². The molecule has 3 N–H and O–H groups in total. The van der Waals surface area contributed by atoms with Crippen LogP contribution in [0, 0.1) is 0 Å². The van der Waals surface area contributed by atoms with Crippen molar-refractivity contribution in [1.82, 2.24) is 14.7 Å². The molecule has 0 aliphatic carbocycles. The molecule has 1 amide bonds. The van der Waals surface area contributed by atoms with Crippen molar-refractivity contribution in [2.45, 2.75) is 4.90 Å². The molecule has 0 unspecified atom stereocenters. The number of nitrogens with zero attached hydrogens (tertiary/aromatic N) is 2. The number of aromatic nitrogens is 2. The molecule has 0 spiro atoms. The third-order valence-electron chi connectivity index (χ3n) is 3.95. The number of hydrogen-bond donors (Lipinski definition) is 3. The molecule has 1 aromatic heterocycles. The number of carbonyl (C=O) groups excluding carboxylic acids is 1. The van der Waals surface area contributed by atoms with Gasteiger partial charge in [-0.25, -0.2) is 13.4 Å². The summed E-state index contributed by atoms with van der Waals surface area (Å²) in [7, 11) is -4.09. The van der Waals surface area contributed by atoms with Crippen LogP contribution in [0.4, 0.5) is 5.82 Å². The molecule has 10 heteroatoms. The number of carbonyl (C=O) groups is 1. The lowest BCUT2D eigenvalue weighted by Crippen LogP contribution is -2.35. The summed E-state index contributed by atoms with van der Waals surface area (Å²) in [6, 6.07) is 9.98. The van der Waals surface area contributed by atoms with Crippen LogP contribution in [0.15, 0.2) is 59.4 Å². The third kappa shape index (κ3) is 2.96. The first-order valence-electron chi connectivity index (χ1n) is 7.64. The molecule has 4 rings (SSSR count). The Balaban J connectivity index is 1.84. The van der Waals surface area contributed by atoms with Crippen LogP contribution in [0.1, 0.15) is 5.56 Å². The summed E-state index contributed by atoms with van der Waals surface area (Å²) in [5.41, 5.74) is -0.477. The number of amides is 1. The number of rotatable bonds is 2. The lowest BCUT2D eigenvalue weighted by atomic mass is 10.0. The largest absolute Gasteiger partial charge is 0.505 e. The number of anilines is 1. The second-order valence-electron chi connectivity index (χ2n) is 5.67. The molecule has 0 fully saturated rings. The predicted octanol–water partition coefficient (Wildman–Crippen LogP) is 2.44. The van der Waals surface area contributed by atoms with Crippen LogP contribution in [-0.2, 0) is 14.8 Å². The standard InChI is InChI=1S/C17H11ClN4O4S/c18-12-7-19-8-13(20-12)21-17(24)14-15(23)11-6-5-9-3-1-2-4-10(9)16(11)27(25,26)22-14/h1-8,22-23H,(H,20,21,24). The molecule has 0 bridgehead atoms. The second-order valence-corrected chi connectivity index (χ2v) is 7.68. The Kier molecular flexibility index (Phi) is 3.97. The normalized spacial score (nSPS) is 15.1. The van der Waals surface area contributed by atoms with Gasteiger partial charge < -0.3 is 10.4 Å². The number of hydrogen-bond acceptors (Lipinski definition) is 6. The van der Waals surface area contributed by atoms with Gasteiger partial charge in [0.25, 0.3) is 15.9 Å². The van der Waals surface area contributed by atoms with Gasteiger partial charge in [0.15, 0.2) is 17.3 Å². The van der Waals surface area contributed by atoms with Crippen LogP contribution >= 0.6 is 11.6 Å². The van der Waals surface area contributed by atoms with Crippen molar-refractivity contribution in [3.63, 3.8) is 0 Å². The Bertz CT molecular complexity index is 1240. The second kappa shape index (κ2) is 6.22. The van der Waals surface area contributed by atoms with Crippen LogP contribution < -0.4 is 10.0 Å². The van der Waals surface area contributed by atoms with Crippen molar-refractivity contribution in [2.75, 3.05) is 5.32 Å². The maximum atomic E-state index is 12.8. The molecule has 0 saturated heterocycles. The number of aliphatic hydroxyl groups excluding tert-OH is 1. The van der Waals surface area contributed by atoms with Gasteiger partial charge in [-0.05, 0) is 11.5 Å². The Hall–Kier alpha value is -3.17. The first-order chi connectivity index (χ1) is 12.9. The number of sulfonamides is 1. The monoisotopic (exact) mass is 402 g/mol. The fourth-order valence-corrected chi connectivity index (χ4v) is 4.46. The van der Waals surface area contributed by atoms with Crippen LogP contribution in [0.2, 0.25) is 5.15 Å². The first kappa shape index (κ1) is 17.3. The number of benzene rings is 2. The highest BCUT2D eigenvalue weighted by molar-refractivity contribution is 7.90. The Morgan fingerprint density at radius 2 is 1.93 bits per heavy atom. The zero-order chi connectivity index (χ0) is 19.2. The molecular weight excluding hydrogens is 392 g/mol. The van der Waals surface area contributed by atoms with Crippen LogP contribution in [0.25, 0.3) is 16.5 Å². The fourth-order valence-electron chi connectivity index (χ4n) is 2.82. The molecule has 0 saturated carbocycles. The van der Waals surface area contributed by atoms with Gasteiger partial charge in [0.1, 0.15) is 10.0 Å². The maximum absolute atomic E-state index is 12.8. The zero-order valence-electron chi connectivity index (χ0n) is 13.5. The number of nitrogens with one attached hydrogen (secondary N) is 2. The van der Waals surface area contributed by atoms with E-state index in [1.54, 1.807) is 30.3 Å². The van der Waals surface area contributed by atoms with Crippen molar-refractivity contribution in [2.24, 2.45) is 0 Å². The van der Waals surface area contributed by atoms with E-state index in [4.69, 9.17) is 11.6 Å². The summed E-state index contributed by atoms with van der Waals surface area (Å²) < 4.78 is 27.7. The summed E-state index contributed by atoms with van der Waals surface area (Å²) in [5, 5.41) is 14.1. The molecule has 0 radical (unpaired) electrons. The molecule has 2 aromatic carbocycles. The van der Waals surface area contributed by atoms with E-state index in [9.17, 15) is 18.3 Å². The van der Waals surface area contributed by atoms with E-state index in [1.807, 2.05) is 0 Å². The molecule has 1 aliphatic rings. The molecule has 1 aliphatic heterocycles. The average molecular weight is 403 g/mol. The van der Waals surface area contributed by atoms with Gasteiger partial charge in [-0.3, -0.25) is 14.5 Å². The number of halogens is 1. The van der Waals surface area contributed by atoms with E-state index in [2.05, 4.69) is 20.0 Å². The van der Waals surface area contributed by atoms with E-state index in [-0.39, 0.29) is 21.4 Å². The minimum Gasteiger partial charge on any atom is -0.505 e. The van der Waals surface area contributed by atoms with Gasteiger partial charge in [0, 0.05) is 10.9 Å². The smallest absolute Gasteiger partial charge is 0.277 e. The van der Waals surface area contributed by atoms with Crippen molar-refractivity contribution >= 4 is 49.9 Å². The molecular formula is C17H11ClN4O4S. The van der Waals surface area contributed by atoms with E-state index in [0.29, 0.717) is 10.8 Å². The SMILES string of the molecule is O=C(Nc1cncc(Cl)n1)C1=C(O)c2ccc3ccccc3c2S(=O)(=O)N1. The fraction of sp³-hybridized carbons (Fsp3) is 0. The Morgan fingerprint density at radius 3 is 2.70 bits per heavy atom. The quantitative estimate of drug-likeness (QED) is 0.605. The predicted molar refractivity (Wildman–Crippen MR) is 99.5 cm³/mol. The topological polar surface area (TPSA) is 121 Å². The molecule has 3 aromatic rings. The number of aliphatic hydroxyl groups is 1. The van der Waals surface area contributed by atoms with Crippen molar-refractivity contribution in [1.29, 1.82) is 0 Å². The van der Waals surface area contributed by atoms with Crippen molar-refractivity contribution < 1.29 is 18.3 Å². The van der Waals surface area contributed by atoms with Gasteiger partial charge >= 0.3 is 0 Å². The van der Waals surface area contributed by atoms with E-state index < -0.39 is 27.4 Å². The van der Waals surface area contributed by atoms with Gasteiger partial charge in [0.05, 0.1) is 12.4 Å². The Labute approximate surface area is 158 Å². The molecule has 27 heavy (non-hydrogen) atoms. The van der Waals surface area contributed by atoms with Crippen LogP contribution in [0.3, 0.4) is 0 Å². The lowest BCUT2D eigenvalue weighted by molar-refractivity contribution is -0.113. The minimum atomic E-state index is -4.09. The highest BCUT2D eigenvalue weighted by Gasteiger charge is 2.34. The van der Waals surface area contributed by atoms with Gasteiger partial charge in [-0.15, -0.1) is 0 Å². The van der Waals surface area contributed by atoms with Crippen LogP contribution in [0.5, 0.6) is 0 Å². The van der Waals surface area contributed by atoms with Gasteiger partial charge in [0.2, 0.25) is 0 Å². The zero-order valence-corrected chi connectivity index (χ0v) is 15.0. The van der Waals surface area contributed by atoms with Gasteiger partial charge in [-0.2, -0.15) is 0 Å². The van der Waals surface area contributed by atoms with Crippen LogP contribution in [-0.4, -0.2) is 29.4 Å². The maximum Gasteiger partial charge on any atom is 0.277 e. The summed E-state index contributed by atoms with van der Waals surface area (Å²) in [4.78, 5) is 20.0. The summed E-state index contributed by atoms with van der Waals surface area (Å²) in [6.45, 7) is 0. The first-order valence-corrected chi connectivity index (χ1v) is 9.50. The van der Waals surface area contributed by atoms with E-state index in [1.165, 1.54) is 18.5 Å². The summed E-state index contributed by atoms with van der Waals surface area (Å²) in [6.07, 6.45) is 2.51.